The SMILES string of the molecule is CN1CCN(Cc2ccc(-c3n[nH]c4ccc(N)cc34)cc2)CC1. The van der Waals surface area contributed by atoms with Crippen molar-refractivity contribution in [1.82, 2.24) is 20.0 Å². The monoisotopic (exact) mass is 321 g/mol. The number of aromatic nitrogens is 2. The molecule has 0 spiro atoms. The molecule has 2 heterocycles. The smallest absolute Gasteiger partial charge is 0.1000 e. The van der Waals surface area contributed by atoms with E-state index in [2.05, 4.69) is 51.3 Å². The Kier molecular flexibility index (Phi) is 3.96. The second-order valence-corrected chi connectivity index (χ2v) is 6.65. The Morgan fingerprint density at radius 2 is 1.79 bits per heavy atom. The molecule has 0 saturated carbocycles. The maximum atomic E-state index is 5.92. The van der Waals surface area contributed by atoms with Crippen molar-refractivity contribution in [1.29, 1.82) is 0 Å². The molecule has 0 bridgehead atoms. The van der Waals surface area contributed by atoms with Gasteiger partial charge in [0.1, 0.15) is 0 Å². The summed E-state index contributed by atoms with van der Waals surface area (Å²) in [7, 11) is 2.19. The summed E-state index contributed by atoms with van der Waals surface area (Å²) in [6.07, 6.45) is 0. The lowest BCUT2D eigenvalue weighted by molar-refractivity contribution is 0.148. The van der Waals surface area contributed by atoms with E-state index in [1.54, 1.807) is 0 Å². The number of fused-ring (bicyclic) bond motifs is 1. The van der Waals surface area contributed by atoms with Crippen LogP contribution in [0.4, 0.5) is 5.69 Å². The highest BCUT2D eigenvalue weighted by molar-refractivity contribution is 5.94. The average Bonchev–Trinajstić information content (AvgIpc) is 3.01. The molecule has 1 aliphatic rings. The fourth-order valence-corrected chi connectivity index (χ4v) is 3.28. The molecule has 0 amide bonds. The van der Waals surface area contributed by atoms with Crippen LogP contribution in [-0.4, -0.2) is 53.2 Å². The van der Waals surface area contributed by atoms with Crippen molar-refractivity contribution in [3.63, 3.8) is 0 Å². The number of H-pyrrole nitrogens is 1. The van der Waals surface area contributed by atoms with E-state index in [1.165, 1.54) is 5.56 Å². The number of anilines is 1. The number of rotatable bonds is 3. The second-order valence-electron chi connectivity index (χ2n) is 6.65. The fourth-order valence-electron chi connectivity index (χ4n) is 3.28. The zero-order valence-electron chi connectivity index (χ0n) is 14.0. The molecule has 5 nitrogen and oxygen atoms in total. The van der Waals surface area contributed by atoms with Crippen LogP contribution in [0.1, 0.15) is 5.56 Å². The summed E-state index contributed by atoms with van der Waals surface area (Å²) < 4.78 is 0. The van der Waals surface area contributed by atoms with Crippen molar-refractivity contribution in [2.75, 3.05) is 39.0 Å². The zero-order valence-corrected chi connectivity index (χ0v) is 14.0. The largest absolute Gasteiger partial charge is 0.399 e. The minimum Gasteiger partial charge on any atom is -0.399 e. The standard InChI is InChI=1S/C19H23N5/c1-23-8-10-24(11-9-23)13-14-2-4-15(5-3-14)19-17-12-16(20)6-7-18(17)21-22-19/h2-7,12H,8-11,13,20H2,1H3,(H,21,22). The molecule has 1 fully saturated rings. The van der Waals surface area contributed by atoms with E-state index in [1.807, 2.05) is 18.2 Å². The fraction of sp³-hybridized carbons (Fsp3) is 0.316. The minimum absolute atomic E-state index is 0.761. The first-order chi connectivity index (χ1) is 11.7. The summed E-state index contributed by atoms with van der Waals surface area (Å²) in [4.78, 5) is 4.90. The van der Waals surface area contributed by atoms with Crippen LogP contribution < -0.4 is 5.73 Å². The highest BCUT2D eigenvalue weighted by Crippen LogP contribution is 2.28. The molecule has 2 aromatic carbocycles. The summed E-state index contributed by atoms with van der Waals surface area (Å²) in [6.45, 7) is 5.60. The molecule has 0 aliphatic carbocycles. The molecular weight excluding hydrogens is 298 g/mol. The van der Waals surface area contributed by atoms with Gasteiger partial charge in [-0.15, -0.1) is 0 Å². The number of aromatic amines is 1. The van der Waals surface area contributed by atoms with Crippen LogP contribution in [0.2, 0.25) is 0 Å². The molecule has 1 aliphatic heterocycles. The van der Waals surface area contributed by atoms with Crippen LogP contribution >= 0.6 is 0 Å². The van der Waals surface area contributed by atoms with E-state index in [0.29, 0.717) is 0 Å². The molecule has 0 atom stereocenters. The lowest BCUT2D eigenvalue weighted by Gasteiger charge is -2.32. The number of hydrogen-bond donors (Lipinski definition) is 2. The van der Waals surface area contributed by atoms with Crippen LogP contribution in [0, 0.1) is 0 Å². The van der Waals surface area contributed by atoms with Crippen molar-refractivity contribution in [3.05, 3.63) is 48.0 Å². The predicted octanol–water partition coefficient (Wildman–Crippen LogP) is 2.56. The Morgan fingerprint density at radius 3 is 2.54 bits per heavy atom. The summed E-state index contributed by atoms with van der Waals surface area (Å²) >= 11 is 0. The van der Waals surface area contributed by atoms with Crippen LogP contribution in [0.15, 0.2) is 42.5 Å². The van der Waals surface area contributed by atoms with Crippen molar-refractivity contribution < 1.29 is 0 Å². The number of nitrogens with two attached hydrogens (primary N) is 1. The normalized spacial score (nSPS) is 16.7. The van der Waals surface area contributed by atoms with Gasteiger partial charge in [-0.25, -0.2) is 0 Å². The molecule has 0 radical (unpaired) electrons. The van der Waals surface area contributed by atoms with E-state index in [0.717, 1.165) is 60.6 Å². The molecule has 3 aromatic rings. The number of nitrogens with zero attached hydrogens (tertiary/aromatic N) is 3. The van der Waals surface area contributed by atoms with Gasteiger partial charge < -0.3 is 10.6 Å². The number of likely N-dealkylation sites (N-methyl/N-ethyl adjacent to an activating group) is 1. The molecule has 24 heavy (non-hydrogen) atoms. The van der Waals surface area contributed by atoms with Gasteiger partial charge in [-0.1, -0.05) is 24.3 Å². The maximum absolute atomic E-state index is 5.92. The highest BCUT2D eigenvalue weighted by Gasteiger charge is 2.14. The number of benzene rings is 2. The molecule has 4 rings (SSSR count). The summed E-state index contributed by atoms with van der Waals surface area (Å²) in [6, 6.07) is 14.6. The van der Waals surface area contributed by atoms with E-state index in [4.69, 9.17) is 5.73 Å². The summed E-state index contributed by atoms with van der Waals surface area (Å²) in [5.41, 5.74) is 11.1. The Labute approximate surface area is 142 Å². The van der Waals surface area contributed by atoms with Gasteiger partial charge in [0, 0.05) is 49.4 Å². The Morgan fingerprint density at radius 1 is 1.04 bits per heavy atom. The van der Waals surface area contributed by atoms with Crippen molar-refractivity contribution in [2.24, 2.45) is 0 Å². The Bertz CT molecular complexity index is 829. The topological polar surface area (TPSA) is 61.2 Å². The van der Waals surface area contributed by atoms with E-state index < -0.39 is 0 Å². The molecule has 124 valence electrons. The maximum Gasteiger partial charge on any atom is 0.1000 e. The third kappa shape index (κ3) is 3.00. The first-order valence-corrected chi connectivity index (χ1v) is 8.43. The Balaban J connectivity index is 1.54. The van der Waals surface area contributed by atoms with Crippen LogP contribution in [0.25, 0.3) is 22.2 Å². The first-order valence-electron chi connectivity index (χ1n) is 8.43. The molecule has 3 N–H and O–H groups in total. The average molecular weight is 321 g/mol. The van der Waals surface area contributed by atoms with Gasteiger partial charge >= 0.3 is 0 Å². The summed E-state index contributed by atoms with van der Waals surface area (Å²) in [5, 5.41) is 8.61. The van der Waals surface area contributed by atoms with Gasteiger partial charge in [0.15, 0.2) is 0 Å². The number of piperazine rings is 1. The van der Waals surface area contributed by atoms with E-state index >= 15 is 0 Å². The molecular formula is C19H23N5. The first kappa shape index (κ1) is 15.2. The van der Waals surface area contributed by atoms with Gasteiger partial charge in [-0.05, 0) is 30.8 Å². The number of nitrogens with one attached hydrogen (secondary N) is 1. The molecule has 5 heteroatoms. The number of nitrogen functional groups attached to an aromatic ring is 1. The lowest BCUT2D eigenvalue weighted by Crippen LogP contribution is -2.43. The van der Waals surface area contributed by atoms with Crippen molar-refractivity contribution >= 4 is 16.6 Å². The van der Waals surface area contributed by atoms with E-state index in [-0.39, 0.29) is 0 Å². The second kappa shape index (κ2) is 6.26. The van der Waals surface area contributed by atoms with Crippen molar-refractivity contribution in [2.45, 2.75) is 6.54 Å². The third-order valence-corrected chi connectivity index (χ3v) is 4.82. The van der Waals surface area contributed by atoms with Crippen LogP contribution in [-0.2, 0) is 6.54 Å². The molecule has 1 saturated heterocycles. The zero-order chi connectivity index (χ0) is 16.5. The number of hydrogen-bond acceptors (Lipinski definition) is 4. The van der Waals surface area contributed by atoms with Gasteiger partial charge in [0.05, 0.1) is 11.2 Å². The van der Waals surface area contributed by atoms with Gasteiger partial charge in [0.25, 0.3) is 0 Å². The summed E-state index contributed by atoms with van der Waals surface area (Å²) in [5.74, 6) is 0. The van der Waals surface area contributed by atoms with Gasteiger partial charge in [-0.3, -0.25) is 10.00 Å². The van der Waals surface area contributed by atoms with Gasteiger partial charge in [0.2, 0.25) is 0 Å². The van der Waals surface area contributed by atoms with Gasteiger partial charge in [-0.2, -0.15) is 5.10 Å². The quantitative estimate of drug-likeness (QED) is 0.728. The molecule has 0 unspecified atom stereocenters. The van der Waals surface area contributed by atoms with Crippen molar-refractivity contribution in [3.8, 4) is 11.3 Å². The van der Waals surface area contributed by atoms with Crippen LogP contribution in [0.5, 0.6) is 0 Å². The Hall–Kier alpha value is -2.37. The van der Waals surface area contributed by atoms with E-state index in [9.17, 15) is 0 Å². The van der Waals surface area contributed by atoms with Crippen LogP contribution in [0.3, 0.4) is 0 Å². The molecule has 1 aromatic heterocycles. The highest BCUT2D eigenvalue weighted by atomic mass is 15.2. The third-order valence-electron chi connectivity index (χ3n) is 4.82. The lowest BCUT2D eigenvalue weighted by atomic mass is 10.1. The minimum atomic E-state index is 0.761. The predicted molar refractivity (Wildman–Crippen MR) is 98.7 cm³/mol.